The average molecular weight is 277 g/mol. The molecule has 1 N–H and O–H groups in total. The smallest absolute Gasteiger partial charge is 0.242 e. The van der Waals surface area contributed by atoms with E-state index < -0.39 is 32.6 Å². The Labute approximate surface area is 104 Å². The second-order valence-electron chi connectivity index (χ2n) is 3.71. The molecule has 0 unspecified atom stereocenters. The summed E-state index contributed by atoms with van der Waals surface area (Å²) in [6.45, 7) is 2.67. The molecule has 0 saturated carbocycles. The zero-order valence-corrected chi connectivity index (χ0v) is 10.7. The van der Waals surface area contributed by atoms with Crippen LogP contribution in [0.5, 0.6) is 0 Å². The van der Waals surface area contributed by atoms with Gasteiger partial charge in [0.15, 0.2) is 21.5 Å². The van der Waals surface area contributed by atoms with Crippen LogP contribution < -0.4 is 5.32 Å². The normalized spacial score (nSPS) is 13.1. The summed E-state index contributed by atoms with van der Waals surface area (Å²) >= 11 is 0. The van der Waals surface area contributed by atoms with Crippen molar-refractivity contribution < 1.29 is 22.0 Å². The molecule has 1 aromatic carbocycles. The zero-order chi connectivity index (χ0) is 13.9. The van der Waals surface area contributed by atoms with Gasteiger partial charge in [0.2, 0.25) is 5.91 Å². The van der Waals surface area contributed by atoms with E-state index in [4.69, 9.17) is 0 Å². The first kappa shape index (κ1) is 14.6. The molecule has 1 amide bonds. The summed E-state index contributed by atoms with van der Waals surface area (Å²) in [5.74, 6) is -3.09. The minimum atomic E-state index is -3.52. The molecule has 0 bridgehead atoms. The van der Waals surface area contributed by atoms with Crippen molar-refractivity contribution in [3.8, 4) is 0 Å². The molecular formula is C11H13F2NO3S. The van der Waals surface area contributed by atoms with Crippen LogP contribution in [0.2, 0.25) is 0 Å². The van der Waals surface area contributed by atoms with Crippen LogP contribution >= 0.6 is 0 Å². The van der Waals surface area contributed by atoms with Crippen molar-refractivity contribution in [3.63, 3.8) is 0 Å². The third-order valence-corrected chi connectivity index (χ3v) is 4.59. The lowest BCUT2D eigenvalue weighted by Crippen LogP contribution is -2.33. The van der Waals surface area contributed by atoms with E-state index in [1.807, 2.05) is 0 Å². The summed E-state index contributed by atoms with van der Waals surface area (Å²) in [4.78, 5) is 11.6. The van der Waals surface area contributed by atoms with Crippen molar-refractivity contribution in [2.45, 2.75) is 19.1 Å². The first-order valence-electron chi connectivity index (χ1n) is 5.25. The van der Waals surface area contributed by atoms with Crippen LogP contribution in [0.1, 0.15) is 13.8 Å². The van der Waals surface area contributed by atoms with Crippen LogP contribution in [-0.4, -0.2) is 25.3 Å². The quantitative estimate of drug-likeness (QED) is 0.911. The number of hydrogen-bond acceptors (Lipinski definition) is 3. The molecule has 1 atom stereocenters. The fourth-order valence-corrected chi connectivity index (χ4v) is 2.12. The SMILES string of the molecule is CCS(=O)(=O)[C@@H](C)C(=O)Nc1ccc(F)c(F)c1. The van der Waals surface area contributed by atoms with E-state index in [-0.39, 0.29) is 11.4 Å². The lowest BCUT2D eigenvalue weighted by molar-refractivity contribution is -0.115. The summed E-state index contributed by atoms with van der Waals surface area (Å²) in [5, 5.41) is 0.985. The van der Waals surface area contributed by atoms with Crippen LogP contribution in [0, 0.1) is 11.6 Å². The summed E-state index contributed by atoms with van der Waals surface area (Å²) in [7, 11) is -3.52. The van der Waals surface area contributed by atoms with E-state index in [1.54, 1.807) is 0 Å². The number of anilines is 1. The van der Waals surface area contributed by atoms with E-state index in [0.717, 1.165) is 18.2 Å². The minimum Gasteiger partial charge on any atom is -0.325 e. The average Bonchev–Trinajstić information content (AvgIpc) is 2.32. The van der Waals surface area contributed by atoms with Crippen LogP contribution in [0.3, 0.4) is 0 Å². The molecule has 0 aliphatic carbocycles. The topological polar surface area (TPSA) is 63.2 Å². The predicted octanol–water partition coefficient (Wildman–Crippen LogP) is 1.73. The van der Waals surface area contributed by atoms with Gasteiger partial charge < -0.3 is 5.32 Å². The fraction of sp³-hybridized carbons (Fsp3) is 0.364. The lowest BCUT2D eigenvalue weighted by atomic mass is 10.3. The molecule has 100 valence electrons. The summed E-state index contributed by atoms with van der Waals surface area (Å²) in [6.07, 6.45) is 0. The molecule has 0 fully saturated rings. The maximum Gasteiger partial charge on any atom is 0.242 e. The van der Waals surface area contributed by atoms with E-state index in [1.165, 1.54) is 13.8 Å². The van der Waals surface area contributed by atoms with Crippen molar-refractivity contribution in [1.29, 1.82) is 0 Å². The van der Waals surface area contributed by atoms with Crippen molar-refractivity contribution >= 4 is 21.4 Å². The molecule has 0 spiro atoms. The number of rotatable bonds is 4. The van der Waals surface area contributed by atoms with E-state index in [9.17, 15) is 22.0 Å². The van der Waals surface area contributed by atoms with Gasteiger partial charge in [-0.1, -0.05) is 6.92 Å². The van der Waals surface area contributed by atoms with Crippen molar-refractivity contribution in [2.24, 2.45) is 0 Å². The van der Waals surface area contributed by atoms with Gasteiger partial charge in [-0.05, 0) is 19.1 Å². The van der Waals surface area contributed by atoms with Gasteiger partial charge in [0.1, 0.15) is 5.25 Å². The number of benzene rings is 1. The molecule has 7 heteroatoms. The maximum absolute atomic E-state index is 12.9. The summed E-state index contributed by atoms with van der Waals surface area (Å²) in [5.41, 5.74) is 0.0112. The Hall–Kier alpha value is -1.50. The van der Waals surface area contributed by atoms with E-state index in [0.29, 0.717) is 0 Å². The number of carbonyl (C=O) groups excluding carboxylic acids is 1. The molecule has 0 heterocycles. The van der Waals surface area contributed by atoms with E-state index in [2.05, 4.69) is 5.32 Å². The van der Waals surface area contributed by atoms with E-state index >= 15 is 0 Å². The van der Waals surface area contributed by atoms with Gasteiger partial charge in [-0.2, -0.15) is 0 Å². The Balaban J connectivity index is 2.85. The Morgan fingerprint density at radius 2 is 1.94 bits per heavy atom. The highest BCUT2D eigenvalue weighted by Crippen LogP contribution is 2.14. The Morgan fingerprint density at radius 1 is 1.33 bits per heavy atom. The van der Waals surface area contributed by atoms with Crippen LogP contribution in [0.4, 0.5) is 14.5 Å². The van der Waals surface area contributed by atoms with Crippen LogP contribution in [0.15, 0.2) is 18.2 Å². The fourth-order valence-electron chi connectivity index (χ4n) is 1.23. The molecule has 0 aliphatic heterocycles. The number of hydrogen-bond donors (Lipinski definition) is 1. The predicted molar refractivity (Wildman–Crippen MR) is 63.9 cm³/mol. The second-order valence-corrected chi connectivity index (χ2v) is 6.32. The van der Waals surface area contributed by atoms with Crippen molar-refractivity contribution in [1.82, 2.24) is 0 Å². The first-order chi connectivity index (χ1) is 8.27. The third kappa shape index (κ3) is 3.25. The molecule has 1 aromatic rings. The standard InChI is InChI=1S/C11H13F2NO3S/c1-3-18(16,17)7(2)11(15)14-8-4-5-9(12)10(13)6-8/h4-7H,3H2,1-2H3,(H,14,15)/t7-/m0/s1. The van der Waals surface area contributed by atoms with Crippen LogP contribution in [-0.2, 0) is 14.6 Å². The summed E-state index contributed by atoms with van der Waals surface area (Å²) < 4.78 is 48.5. The summed E-state index contributed by atoms with van der Waals surface area (Å²) in [6, 6.07) is 2.80. The molecule has 18 heavy (non-hydrogen) atoms. The third-order valence-electron chi connectivity index (χ3n) is 2.50. The highest BCUT2D eigenvalue weighted by Gasteiger charge is 2.26. The first-order valence-corrected chi connectivity index (χ1v) is 6.97. The lowest BCUT2D eigenvalue weighted by Gasteiger charge is -2.12. The maximum atomic E-state index is 12.9. The molecular weight excluding hydrogens is 264 g/mol. The second kappa shape index (κ2) is 5.43. The van der Waals surface area contributed by atoms with Gasteiger partial charge in [0, 0.05) is 17.5 Å². The molecule has 4 nitrogen and oxygen atoms in total. The molecule has 0 saturated heterocycles. The largest absolute Gasteiger partial charge is 0.325 e. The van der Waals surface area contributed by atoms with Crippen molar-refractivity contribution in [3.05, 3.63) is 29.8 Å². The number of halogens is 2. The Kier molecular flexibility index (Phi) is 4.39. The van der Waals surface area contributed by atoms with Gasteiger partial charge >= 0.3 is 0 Å². The monoisotopic (exact) mass is 277 g/mol. The van der Waals surface area contributed by atoms with Gasteiger partial charge in [0.05, 0.1) is 0 Å². The number of sulfone groups is 1. The van der Waals surface area contributed by atoms with Gasteiger partial charge in [-0.15, -0.1) is 0 Å². The molecule has 0 radical (unpaired) electrons. The molecule has 1 rings (SSSR count). The number of carbonyl (C=O) groups is 1. The van der Waals surface area contributed by atoms with Gasteiger partial charge in [-0.25, -0.2) is 17.2 Å². The van der Waals surface area contributed by atoms with Gasteiger partial charge in [-0.3, -0.25) is 4.79 Å². The zero-order valence-electron chi connectivity index (χ0n) is 9.91. The van der Waals surface area contributed by atoms with Crippen LogP contribution in [0.25, 0.3) is 0 Å². The van der Waals surface area contributed by atoms with Gasteiger partial charge in [0.25, 0.3) is 0 Å². The van der Waals surface area contributed by atoms with Crippen molar-refractivity contribution in [2.75, 3.05) is 11.1 Å². The highest BCUT2D eigenvalue weighted by molar-refractivity contribution is 7.92. The minimum absolute atomic E-state index is 0.0112. The molecule has 0 aromatic heterocycles. The number of amides is 1. The number of nitrogens with one attached hydrogen (secondary N) is 1. The molecule has 0 aliphatic rings. The Bertz CT molecular complexity index is 557. The highest BCUT2D eigenvalue weighted by atomic mass is 32.2. The Morgan fingerprint density at radius 3 is 2.44 bits per heavy atom.